The molecule has 1 heterocycles. The van der Waals surface area contributed by atoms with Gasteiger partial charge in [-0.15, -0.1) is 6.58 Å². The Balaban J connectivity index is 1.97. The van der Waals surface area contributed by atoms with E-state index in [9.17, 15) is 5.11 Å². The van der Waals surface area contributed by atoms with Gasteiger partial charge in [0.25, 0.3) is 0 Å². The summed E-state index contributed by atoms with van der Waals surface area (Å²) in [6.45, 7) is 11.7. The van der Waals surface area contributed by atoms with Gasteiger partial charge in [0.2, 0.25) is 5.88 Å². The van der Waals surface area contributed by atoms with Crippen molar-refractivity contribution in [3.05, 3.63) is 78.5 Å². The smallest absolute Gasteiger partial charge is 0.227 e. The van der Waals surface area contributed by atoms with Crippen LogP contribution >= 0.6 is 0 Å². The van der Waals surface area contributed by atoms with Crippen LogP contribution in [0.2, 0.25) is 0 Å². The Bertz CT molecular complexity index is 1050. The van der Waals surface area contributed by atoms with E-state index < -0.39 is 6.10 Å². The summed E-state index contributed by atoms with van der Waals surface area (Å²) < 4.78 is 19.1. The zero-order valence-corrected chi connectivity index (χ0v) is 21.2. The lowest BCUT2D eigenvalue weighted by Gasteiger charge is -2.29. The molecule has 0 bridgehead atoms. The van der Waals surface area contributed by atoms with Crippen molar-refractivity contribution >= 4 is 0 Å². The molecule has 0 fully saturated rings. The van der Waals surface area contributed by atoms with E-state index in [1.807, 2.05) is 59.3 Å². The van der Waals surface area contributed by atoms with Crippen molar-refractivity contribution in [2.75, 3.05) is 26.9 Å². The fourth-order valence-electron chi connectivity index (χ4n) is 3.80. The second kappa shape index (κ2) is 13.1. The molecule has 1 atom stereocenters. The van der Waals surface area contributed by atoms with Gasteiger partial charge < -0.3 is 19.3 Å². The van der Waals surface area contributed by atoms with Gasteiger partial charge in [-0.05, 0) is 56.7 Å². The van der Waals surface area contributed by atoms with Crippen LogP contribution in [0.25, 0.3) is 5.69 Å². The molecule has 188 valence electrons. The Kier molecular flexibility index (Phi) is 9.90. The maximum Gasteiger partial charge on any atom is 0.227 e. The summed E-state index contributed by atoms with van der Waals surface area (Å²) in [4.78, 5) is 2.22. The van der Waals surface area contributed by atoms with Crippen molar-refractivity contribution in [1.29, 1.82) is 0 Å². The third-order valence-electron chi connectivity index (χ3n) is 5.71. The first-order valence-corrected chi connectivity index (χ1v) is 12.1. The first kappa shape index (κ1) is 26.5. The van der Waals surface area contributed by atoms with E-state index in [4.69, 9.17) is 19.3 Å². The summed E-state index contributed by atoms with van der Waals surface area (Å²) in [6, 6.07) is 17.7. The first-order chi connectivity index (χ1) is 17.0. The third-order valence-corrected chi connectivity index (χ3v) is 5.71. The molecule has 0 saturated carbocycles. The number of methoxy groups -OCH3 is 1. The van der Waals surface area contributed by atoms with Gasteiger partial charge in [-0.3, -0.25) is 4.90 Å². The first-order valence-electron chi connectivity index (χ1n) is 12.1. The second-order valence-corrected chi connectivity index (χ2v) is 8.61. The predicted octanol–water partition coefficient (Wildman–Crippen LogP) is 5.01. The van der Waals surface area contributed by atoms with Crippen LogP contribution in [0, 0.1) is 0 Å². The third kappa shape index (κ3) is 7.18. The number of aliphatic hydroxyl groups excluding tert-OH is 1. The minimum absolute atomic E-state index is 0.197. The Morgan fingerprint density at radius 1 is 1.09 bits per heavy atom. The molecule has 0 unspecified atom stereocenters. The molecule has 1 aromatic heterocycles. The van der Waals surface area contributed by atoms with Crippen molar-refractivity contribution < 1.29 is 19.3 Å². The lowest BCUT2D eigenvalue weighted by molar-refractivity contribution is 0.0176. The van der Waals surface area contributed by atoms with E-state index in [2.05, 4.69) is 32.3 Å². The summed E-state index contributed by atoms with van der Waals surface area (Å²) in [5.41, 5.74) is 2.88. The molecule has 7 heteroatoms. The van der Waals surface area contributed by atoms with E-state index in [-0.39, 0.29) is 12.6 Å². The zero-order valence-electron chi connectivity index (χ0n) is 21.2. The van der Waals surface area contributed by atoms with Gasteiger partial charge in [-0.25, -0.2) is 4.68 Å². The van der Waals surface area contributed by atoms with Crippen molar-refractivity contribution in [3.8, 4) is 23.1 Å². The SMILES string of the molecule is C=CCOC[C@@H](O)CN(Cc1c(CC)nn(-c2ccccc2)c1Oc1ccc(OC)cc1)C(C)C. The summed E-state index contributed by atoms with van der Waals surface area (Å²) >= 11 is 0. The number of para-hydroxylation sites is 1. The van der Waals surface area contributed by atoms with Crippen molar-refractivity contribution in [2.24, 2.45) is 0 Å². The number of benzene rings is 2. The Morgan fingerprint density at radius 2 is 1.77 bits per heavy atom. The minimum Gasteiger partial charge on any atom is -0.497 e. The number of ether oxygens (including phenoxy) is 3. The number of rotatable bonds is 14. The van der Waals surface area contributed by atoms with Crippen LogP contribution < -0.4 is 9.47 Å². The fraction of sp³-hybridized carbons (Fsp3) is 0.393. The molecule has 3 rings (SSSR count). The van der Waals surface area contributed by atoms with Gasteiger partial charge in [0.1, 0.15) is 11.5 Å². The number of aromatic nitrogens is 2. The highest BCUT2D eigenvalue weighted by molar-refractivity contribution is 5.44. The van der Waals surface area contributed by atoms with Crippen LogP contribution in [0.4, 0.5) is 0 Å². The standard InChI is InChI=1S/C28H37N3O4/c1-6-17-34-20-23(32)18-30(21(3)4)19-26-27(7-2)29-31(22-11-9-8-10-12-22)28(26)35-25-15-13-24(33-5)14-16-25/h6,8-16,21,23,32H,1,7,17-20H2,2-5H3/t23-/m0/s1. The normalized spacial score (nSPS) is 12.2. The molecule has 35 heavy (non-hydrogen) atoms. The molecule has 0 radical (unpaired) electrons. The molecular weight excluding hydrogens is 442 g/mol. The maximum atomic E-state index is 10.6. The minimum atomic E-state index is -0.613. The predicted molar refractivity (Wildman–Crippen MR) is 139 cm³/mol. The number of hydrogen-bond donors (Lipinski definition) is 1. The number of aryl methyl sites for hydroxylation is 1. The molecule has 2 aromatic carbocycles. The molecule has 0 saturated heterocycles. The van der Waals surface area contributed by atoms with Crippen molar-refractivity contribution in [1.82, 2.24) is 14.7 Å². The van der Waals surface area contributed by atoms with Crippen LogP contribution in [-0.4, -0.2) is 58.8 Å². The highest BCUT2D eigenvalue weighted by atomic mass is 16.5. The fourth-order valence-corrected chi connectivity index (χ4v) is 3.80. The van der Waals surface area contributed by atoms with E-state index >= 15 is 0 Å². The molecule has 0 aliphatic rings. The van der Waals surface area contributed by atoms with Crippen LogP contribution in [0.1, 0.15) is 32.0 Å². The Hall–Kier alpha value is -3.13. The lowest BCUT2D eigenvalue weighted by atomic mass is 10.1. The Labute approximate surface area is 208 Å². The van der Waals surface area contributed by atoms with Crippen molar-refractivity contribution in [2.45, 2.75) is 45.9 Å². The maximum absolute atomic E-state index is 10.6. The number of nitrogens with zero attached hydrogens (tertiary/aromatic N) is 3. The molecule has 3 aromatic rings. The van der Waals surface area contributed by atoms with Gasteiger partial charge in [0, 0.05) is 19.1 Å². The zero-order chi connectivity index (χ0) is 25.2. The highest BCUT2D eigenvalue weighted by Gasteiger charge is 2.25. The van der Waals surface area contributed by atoms with Gasteiger partial charge in [-0.1, -0.05) is 31.2 Å². The van der Waals surface area contributed by atoms with Crippen LogP contribution in [0.5, 0.6) is 17.4 Å². The molecule has 1 N–H and O–H groups in total. The molecule has 0 spiro atoms. The highest BCUT2D eigenvalue weighted by Crippen LogP contribution is 2.33. The number of aliphatic hydroxyl groups is 1. The van der Waals surface area contributed by atoms with Gasteiger partial charge in [0.15, 0.2) is 0 Å². The monoisotopic (exact) mass is 479 g/mol. The van der Waals surface area contributed by atoms with Crippen LogP contribution in [0.15, 0.2) is 67.3 Å². The summed E-state index contributed by atoms with van der Waals surface area (Å²) in [5, 5.41) is 15.5. The average molecular weight is 480 g/mol. The average Bonchev–Trinajstić information content (AvgIpc) is 3.21. The van der Waals surface area contributed by atoms with Gasteiger partial charge in [-0.2, -0.15) is 5.10 Å². The largest absolute Gasteiger partial charge is 0.497 e. The van der Waals surface area contributed by atoms with E-state index in [1.54, 1.807) is 13.2 Å². The van der Waals surface area contributed by atoms with Gasteiger partial charge in [0.05, 0.1) is 43.4 Å². The molecular formula is C28H37N3O4. The Morgan fingerprint density at radius 3 is 2.37 bits per heavy atom. The van der Waals surface area contributed by atoms with E-state index in [0.29, 0.717) is 31.3 Å². The molecule has 0 aliphatic carbocycles. The van der Waals surface area contributed by atoms with E-state index in [1.165, 1.54) is 0 Å². The summed E-state index contributed by atoms with van der Waals surface area (Å²) in [5.74, 6) is 2.13. The number of hydrogen-bond acceptors (Lipinski definition) is 6. The summed E-state index contributed by atoms with van der Waals surface area (Å²) in [7, 11) is 1.64. The van der Waals surface area contributed by atoms with Gasteiger partial charge >= 0.3 is 0 Å². The second-order valence-electron chi connectivity index (χ2n) is 8.61. The topological polar surface area (TPSA) is 69.0 Å². The van der Waals surface area contributed by atoms with Crippen LogP contribution in [-0.2, 0) is 17.7 Å². The van der Waals surface area contributed by atoms with Crippen molar-refractivity contribution in [3.63, 3.8) is 0 Å². The molecule has 0 amide bonds. The lowest BCUT2D eigenvalue weighted by Crippen LogP contribution is -2.39. The van der Waals surface area contributed by atoms with E-state index in [0.717, 1.165) is 29.1 Å². The summed E-state index contributed by atoms with van der Waals surface area (Å²) in [6.07, 6.45) is 1.82. The quantitative estimate of drug-likeness (QED) is 0.259. The van der Waals surface area contributed by atoms with Crippen LogP contribution in [0.3, 0.4) is 0 Å². The molecule has 0 aliphatic heterocycles. The molecule has 7 nitrogen and oxygen atoms in total.